The number of rotatable bonds is 13. The molecule has 0 radical (unpaired) electrons. The Kier molecular flexibility index (Phi) is 14.9. The Balaban J connectivity index is 1.00. The van der Waals surface area contributed by atoms with E-state index < -0.39 is 144 Å². The Morgan fingerprint density at radius 1 is 0.694 bits per heavy atom. The van der Waals surface area contributed by atoms with Gasteiger partial charge in [-0.15, -0.1) is 0 Å². The highest BCUT2D eigenvalue weighted by molar-refractivity contribution is 5.24. The lowest BCUT2D eigenvalue weighted by Gasteiger charge is -2.68. The fourth-order valence-electron chi connectivity index (χ4n) is 13.9. The van der Waals surface area contributed by atoms with E-state index in [2.05, 4.69) is 13.8 Å². The van der Waals surface area contributed by atoms with Gasteiger partial charge in [0.25, 0.3) is 0 Å². The Hall–Kier alpha value is -0.720. The van der Waals surface area contributed by atoms with Crippen LogP contribution in [-0.2, 0) is 33.2 Å². The van der Waals surface area contributed by atoms with Gasteiger partial charge < -0.3 is 89.3 Å². The predicted molar refractivity (Wildman–Crippen MR) is 216 cm³/mol. The minimum atomic E-state index is -1.85. The standard InChI is InChI=1S/C44H76O18/c1-18(2)24(61-41-35(53)31(49)26(62-41)17-60-40-34(52)30(48)23(46)15-59-40)9-8-19(3)21-14-22(45)38-42(21,4)13-11-27-43(5)12-10-20(29(47)28(43)33(51)39(54)44(27,38)55)36-37(57-7)32(50)25(56-6)16-58-36/h18-41,45-55H,8-17H2,1-7H3/t19-,20+,21-,22-,23-,24+,25-,26+,27-,28?,29+,30+,31+,32+,33-,34-,35-,36+,37-,38-,39-,40+,41-,42-,43-,44+/m1/s1. The zero-order valence-corrected chi connectivity index (χ0v) is 37.2. The first-order valence-electron chi connectivity index (χ1n) is 22.9. The van der Waals surface area contributed by atoms with Crippen molar-refractivity contribution in [1.82, 2.24) is 0 Å². The lowest BCUT2D eigenvalue weighted by molar-refractivity contribution is -0.325. The first-order chi connectivity index (χ1) is 29.2. The van der Waals surface area contributed by atoms with Gasteiger partial charge in [-0.05, 0) is 79.4 Å². The van der Waals surface area contributed by atoms with Crippen molar-refractivity contribution < 1.29 is 89.3 Å². The van der Waals surface area contributed by atoms with Crippen LogP contribution >= 0.6 is 0 Å². The third-order valence-corrected chi connectivity index (χ3v) is 17.3. The van der Waals surface area contributed by atoms with E-state index in [1.807, 2.05) is 20.8 Å². The molecule has 4 saturated carbocycles. The molecule has 0 amide bonds. The van der Waals surface area contributed by atoms with E-state index >= 15 is 0 Å². The molecule has 360 valence electrons. The molecule has 62 heavy (non-hydrogen) atoms. The molecule has 0 aromatic heterocycles. The SMILES string of the molecule is CO[C@@H]1[C@@H](O)[C@H](OC)CO[C@H]1[C@H]1CC[C@@]2(C)C([C@H]1O)[C@@H](O)[C@@H](O)[C@@]1(O)[C@@H]3[C@H](O)C[C@H]([C@H](C)CC[C@H](O[C@@H]4O[C@@H](CO[C@@H]5OC[C@@H](O)[C@H](O)[C@H]5O)[C@H](O)[C@H]4O)C(C)C)[C@@]3(C)CC[C@@H]12. The summed E-state index contributed by atoms with van der Waals surface area (Å²) in [7, 11) is 2.95. The van der Waals surface area contributed by atoms with Crippen LogP contribution in [0.1, 0.15) is 79.6 Å². The summed E-state index contributed by atoms with van der Waals surface area (Å²) in [6.07, 6.45) is -15.6. The highest BCUT2D eigenvalue weighted by atomic mass is 16.7. The highest BCUT2D eigenvalue weighted by Gasteiger charge is 2.75. The molecule has 0 aromatic rings. The minimum absolute atomic E-state index is 0.0186. The molecule has 7 rings (SSSR count). The molecule has 7 fully saturated rings. The molecule has 11 N–H and O–H groups in total. The van der Waals surface area contributed by atoms with E-state index in [0.717, 1.165) is 0 Å². The Morgan fingerprint density at radius 2 is 1.37 bits per heavy atom. The third kappa shape index (κ3) is 8.14. The van der Waals surface area contributed by atoms with E-state index in [1.165, 1.54) is 14.2 Å². The van der Waals surface area contributed by atoms with Gasteiger partial charge in [0.1, 0.15) is 66.6 Å². The normalized spacial score (nSPS) is 54.1. The molecule has 7 aliphatic rings. The largest absolute Gasteiger partial charge is 0.393 e. The van der Waals surface area contributed by atoms with Gasteiger partial charge in [-0.1, -0.05) is 34.6 Å². The summed E-state index contributed by atoms with van der Waals surface area (Å²) < 4.78 is 40.2. The lowest BCUT2D eigenvalue weighted by atomic mass is 9.40. The zero-order valence-electron chi connectivity index (χ0n) is 37.2. The second kappa shape index (κ2) is 18.8. The monoisotopic (exact) mass is 893 g/mol. The van der Waals surface area contributed by atoms with Crippen LogP contribution in [0.4, 0.5) is 0 Å². The number of aliphatic hydroxyl groups is 11. The van der Waals surface area contributed by atoms with Crippen LogP contribution in [0.3, 0.4) is 0 Å². The number of fused-ring (bicyclic) bond motifs is 5. The number of hydrogen-bond acceptors (Lipinski definition) is 18. The second-order valence-corrected chi connectivity index (χ2v) is 20.9. The summed E-state index contributed by atoms with van der Waals surface area (Å²) in [4.78, 5) is 0. The molecule has 0 bridgehead atoms. The van der Waals surface area contributed by atoms with Crippen LogP contribution in [0.2, 0.25) is 0 Å². The Bertz CT molecular complexity index is 1490. The van der Waals surface area contributed by atoms with E-state index in [1.54, 1.807) is 0 Å². The van der Waals surface area contributed by atoms with Gasteiger partial charge in [0.2, 0.25) is 0 Å². The predicted octanol–water partition coefficient (Wildman–Crippen LogP) is -1.59. The fraction of sp³-hybridized carbons (Fsp3) is 1.00. The second-order valence-electron chi connectivity index (χ2n) is 20.9. The topological polar surface area (TPSA) is 287 Å². The first kappa shape index (κ1) is 49.2. The molecule has 4 aliphatic carbocycles. The molecular formula is C44H76O18. The van der Waals surface area contributed by atoms with Gasteiger partial charge in [-0.25, -0.2) is 0 Å². The summed E-state index contributed by atoms with van der Waals surface area (Å²) >= 11 is 0. The molecule has 18 nitrogen and oxygen atoms in total. The molecule has 18 heteroatoms. The van der Waals surface area contributed by atoms with Crippen molar-refractivity contribution in [2.24, 2.45) is 52.3 Å². The van der Waals surface area contributed by atoms with Crippen LogP contribution in [0.5, 0.6) is 0 Å². The minimum Gasteiger partial charge on any atom is -0.393 e. The Morgan fingerprint density at radius 3 is 2.03 bits per heavy atom. The molecule has 3 heterocycles. The molecular weight excluding hydrogens is 816 g/mol. The van der Waals surface area contributed by atoms with E-state index in [9.17, 15) is 56.2 Å². The van der Waals surface area contributed by atoms with Crippen molar-refractivity contribution >= 4 is 0 Å². The van der Waals surface area contributed by atoms with Crippen molar-refractivity contribution in [3.05, 3.63) is 0 Å². The third-order valence-electron chi connectivity index (χ3n) is 17.3. The van der Waals surface area contributed by atoms with Gasteiger partial charge in [0, 0.05) is 32.0 Å². The Labute approximate surface area is 364 Å². The summed E-state index contributed by atoms with van der Waals surface area (Å²) in [5, 5.41) is 124. The smallest absolute Gasteiger partial charge is 0.186 e. The number of hydrogen-bond donors (Lipinski definition) is 11. The first-order valence-corrected chi connectivity index (χ1v) is 22.9. The maximum atomic E-state index is 13.0. The van der Waals surface area contributed by atoms with Gasteiger partial charge in [-0.3, -0.25) is 0 Å². The summed E-state index contributed by atoms with van der Waals surface area (Å²) in [5.74, 6) is -2.71. The average molecular weight is 893 g/mol. The van der Waals surface area contributed by atoms with Gasteiger partial charge >= 0.3 is 0 Å². The molecule has 0 spiro atoms. The van der Waals surface area contributed by atoms with Crippen molar-refractivity contribution in [1.29, 1.82) is 0 Å². The molecule has 0 aromatic carbocycles. The number of ether oxygens (including phenoxy) is 7. The van der Waals surface area contributed by atoms with E-state index in [4.69, 9.17) is 33.2 Å². The highest BCUT2D eigenvalue weighted by Crippen LogP contribution is 2.70. The van der Waals surface area contributed by atoms with E-state index in [-0.39, 0.29) is 37.6 Å². The van der Waals surface area contributed by atoms with Crippen LogP contribution in [-0.4, -0.2) is 200 Å². The fourth-order valence-corrected chi connectivity index (χ4v) is 13.9. The molecule has 3 aliphatic heterocycles. The quantitative estimate of drug-likeness (QED) is 0.0994. The molecule has 1 unspecified atom stereocenters. The number of methoxy groups -OCH3 is 2. The van der Waals surface area contributed by atoms with Crippen LogP contribution < -0.4 is 0 Å². The zero-order chi connectivity index (χ0) is 45.4. The van der Waals surface area contributed by atoms with Crippen molar-refractivity contribution in [3.63, 3.8) is 0 Å². The summed E-state index contributed by atoms with van der Waals surface area (Å²) in [6, 6.07) is 0. The maximum absolute atomic E-state index is 13.0. The van der Waals surface area contributed by atoms with Gasteiger partial charge in [-0.2, -0.15) is 0 Å². The van der Waals surface area contributed by atoms with E-state index in [0.29, 0.717) is 44.9 Å². The summed E-state index contributed by atoms with van der Waals surface area (Å²) in [6.45, 7) is 9.69. The lowest BCUT2D eigenvalue weighted by Crippen LogP contribution is -2.77. The van der Waals surface area contributed by atoms with Crippen molar-refractivity contribution in [2.45, 2.75) is 189 Å². The van der Waals surface area contributed by atoms with Crippen molar-refractivity contribution in [3.8, 4) is 0 Å². The van der Waals surface area contributed by atoms with Gasteiger partial charge in [0.15, 0.2) is 12.6 Å². The molecule has 3 saturated heterocycles. The van der Waals surface area contributed by atoms with Crippen LogP contribution in [0.15, 0.2) is 0 Å². The van der Waals surface area contributed by atoms with Crippen molar-refractivity contribution in [2.75, 3.05) is 34.0 Å². The maximum Gasteiger partial charge on any atom is 0.186 e. The molecule has 26 atom stereocenters. The number of aliphatic hydroxyl groups excluding tert-OH is 10. The van der Waals surface area contributed by atoms with Crippen LogP contribution in [0.25, 0.3) is 0 Å². The van der Waals surface area contributed by atoms with Gasteiger partial charge in [0.05, 0.1) is 50.3 Å². The van der Waals surface area contributed by atoms with Crippen LogP contribution in [0, 0.1) is 52.3 Å². The summed E-state index contributed by atoms with van der Waals surface area (Å²) in [5.41, 5.74) is -3.26. The average Bonchev–Trinajstić information content (AvgIpc) is 3.66.